The van der Waals surface area contributed by atoms with Crippen molar-refractivity contribution in [1.82, 2.24) is 15.1 Å². The summed E-state index contributed by atoms with van der Waals surface area (Å²) in [4.78, 5) is 54.1. The minimum absolute atomic E-state index is 0.00627. The van der Waals surface area contributed by atoms with E-state index in [4.69, 9.17) is 20.0 Å². The van der Waals surface area contributed by atoms with Crippen molar-refractivity contribution in [2.24, 2.45) is 0 Å². The maximum absolute atomic E-state index is 13.4. The van der Waals surface area contributed by atoms with Gasteiger partial charge < -0.3 is 14.3 Å². The molecule has 0 saturated heterocycles. The van der Waals surface area contributed by atoms with Crippen LogP contribution in [0.5, 0.6) is 0 Å². The molecule has 0 unspecified atom stereocenters. The number of amides is 4. The Morgan fingerprint density at radius 2 is 1.43 bits per heavy atom. The van der Waals surface area contributed by atoms with E-state index in [1.165, 1.54) is 24.3 Å². The zero-order valence-electron chi connectivity index (χ0n) is 24.2. The molecule has 6 rings (SSSR count). The van der Waals surface area contributed by atoms with Crippen LogP contribution in [0.1, 0.15) is 54.8 Å². The molecule has 0 spiro atoms. The molecular formula is C33H24N6O7. The number of benzene rings is 3. The van der Waals surface area contributed by atoms with Gasteiger partial charge in [-0.3, -0.25) is 30.0 Å². The molecule has 0 bridgehead atoms. The number of anilines is 1. The fourth-order valence-electron chi connectivity index (χ4n) is 4.96. The third-order valence-corrected chi connectivity index (χ3v) is 7.34. The maximum Gasteiger partial charge on any atom is 0.332 e. The van der Waals surface area contributed by atoms with E-state index in [2.05, 4.69) is 10.2 Å². The topological polar surface area (TPSA) is 191 Å². The first-order chi connectivity index (χ1) is 22.2. The summed E-state index contributed by atoms with van der Waals surface area (Å²) in [6, 6.07) is 16.9. The number of aromatic nitrogens is 2. The molecule has 4 aromatic rings. The van der Waals surface area contributed by atoms with Crippen LogP contribution >= 0.6 is 0 Å². The van der Waals surface area contributed by atoms with E-state index in [9.17, 15) is 24.3 Å². The molecule has 2 aliphatic heterocycles. The van der Waals surface area contributed by atoms with Gasteiger partial charge in [0.2, 0.25) is 5.89 Å². The number of fused-ring (bicyclic) bond motifs is 2. The van der Waals surface area contributed by atoms with Crippen LogP contribution in [0, 0.1) is 10.8 Å². The van der Waals surface area contributed by atoms with Crippen LogP contribution in [0.2, 0.25) is 0 Å². The molecule has 3 aromatic carbocycles. The van der Waals surface area contributed by atoms with Crippen molar-refractivity contribution in [3.05, 3.63) is 113 Å². The van der Waals surface area contributed by atoms with E-state index in [0.29, 0.717) is 27.2 Å². The monoisotopic (exact) mass is 616 g/mol. The van der Waals surface area contributed by atoms with Gasteiger partial charge in [0.1, 0.15) is 0 Å². The van der Waals surface area contributed by atoms with Gasteiger partial charge in [-0.05, 0) is 60.0 Å². The van der Waals surface area contributed by atoms with Crippen molar-refractivity contribution in [3.63, 3.8) is 0 Å². The average Bonchev–Trinajstić information content (AvgIpc) is 3.72. The number of carbonyl (C=O) groups is 4. The van der Waals surface area contributed by atoms with Crippen LogP contribution < -0.4 is 4.90 Å². The number of imide groups is 2. The third-order valence-electron chi connectivity index (χ3n) is 7.34. The number of carbonyl (C=O) groups excluding carboxylic acids is 4. The number of nitrogens with one attached hydrogen (secondary N) is 2. The summed E-state index contributed by atoms with van der Waals surface area (Å²) in [6.07, 6.45) is 4.80. The highest BCUT2D eigenvalue weighted by molar-refractivity contribution is 6.34. The summed E-state index contributed by atoms with van der Waals surface area (Å²) in [7, 11) is 0. The summed E-state index contributed by atoms with van der Waals surface area (Å²) in [5, 5.41) is 33.2. The molecule has 13 heteroatoms. The van der Waals surface area contributed by atoms with Crippen LogP contribution in [0.15, 0.2) is 94.9 Å². The second kappa shape index (κ2) is 12.0. The molecule has 3 heterocycles. The molecule has 0 atom stereocenters. The van der Waals surface area contributed by atoms with Gasteiger partial charge in [0.25, 0.3) is 23.6 Å². The van der Waals surface area contributed by atoms with E-state index in [1.54, 1.807) is 61.5 Å². The van der Waals surface area contributed by atoms with Gasteiger partial charge in [-0.1, -0.05) is 53.7 Å². The van der Waals surface area contributed by atoms with E-state index in [0.717, 1.165) is 4.90 Å². The Bertz CT molecular complexity index is 2030. The molecule has 4 amide bonds. The molecular weight excluding hydrogens is 592 g/mol. The fourth-order valence-corrected chi connectivity index (χ4v) is 4.96. The molecule has 1 aromatic heterocycles. The number of hydrogen-bond acceptors (Lipinski definition) is 11. The van der Waals surface area contributed by atoms with Crippen LogP contribution in [-0.4, -0.2) is 62.4 Å². The standard InChI is InChI=1S/C33H24N6O7/c1-2-18(17-40)7-6-10-26(34)45-32(35)38-28(41)22-13-11-20(15-24(22)30(38)43)21-12-14-23-25(16-21)31(44)39(29(23)42)33-37-36-27(46-33)19-8-4-3-5-9-19/h2-9,11-16,34-35,40H,10,17H2,1H3/b7-6-,18-2+,34-26?,35-32?. The van der Waals surface area contributed by atoms with Gasteiger partial charge in [0, 0.05) is 12.0 Å². The Hall–Kier alpha value is -6.34. The van der Waals surface area contributed by atoms with Crippen LogP contribution in [0.25, 0.3) is 22.6 Å². The van der Waals surface area contributed by atoms with Gasteiger partial charge >= 0.3 is 12.0 Å². The Kier molecular flexibility index (Phi) is 7.74. The minimum atomic E-state index is -0.822. The zero-order valence-corrected chi connectivity index (χ0v) is 24.2. The number of allylic oxidation sites excluding steroid dienone is 1. The molecule has 0 fully saturated rings. The molecule has 13 nitrogen and oxygen atoms in total. The highest BCUT2D eigenvalue weighted by atomic mass is 16.5. The summed E-state index contributed by atoms with van der Waals surface area (Å²) in [5.41, 5.74) is 2.48. The molecule has 0 aliphatic carbocycles. The summed E-state index contributed by atoms with van der Waals surface area (Å²) >= 11 is 0. The Morgan fingerprint density at radius 3 is 2.09 bits per heavy atom. The van der Waals surface area contributed by atoms with Gasteiger partial charge in [0.05, 0.1) is 28.9 Å². The SMILES string of the molecule is C/C=C(\C=C/CC(=N)OC(=N)N1C(=O)c2ccc(-c3ccc4c(c3)C(=O)N(c3nnc(-c5ccccc5)o3)C4=O)cc2C1=O)CO. The van der Waals surface area contributed by atoms with E-state index in [-0.39, 0.29) is 53.1 Å². The van der Waals surface area contributed by atoms with Crippen molar-refractivity contribution >= 4 is 41.6 Å². The van der Waals surface area contributed by atoms with E-state index in [1.807, 2.05) is 6.07 Å². The lowest BCUT2D eigenvalue weighted by Gasteiger charge is -2.14. The zero-order chi connectivity index (χ0) is 32.5. The number of nitrogens with zero attached hydrogens (tertiary/aromatic N) is 4. The molecule has 46 heavy (non-hydrogen) atoms. The summed E-state index contributed by atoms with van der Waals surface area (Å²) < 4.78 is 10.8. The van der Waals surface area contributed by atoms with Crippen molar-refractivity contribution in [2.75, 3.05) is 11.5 Å². The van der Waals surface area contributed by atoms with Crippen molar-refractivity contribution < 1.29 is 33.4 Å². The van der Waals surface area contributed by atoms with Crippen LogP contribution in [0.4, 0.5) is 6.01 Å². The van der Waals surface area contributed by atoms with Gasteiger partial charge in [0.15, 0.2) is 5.90 Å². The highest BCUT2D eigenvalue weighted by Crippen LogP contribution is 2.34. The number of rotatable bonds is 7. The first kappa shape index (κ1) is 29.7. The van der Waals surface area contributed by atoms with Gasteiger partial charge in [-0.15, -0.1) is 5.10 Å². The van der Waals surface area contributed by atoms with Crippen molar-refractivity contribution in [1.29, 1.82) is 10.8 Å². The minimum Gasteiger partial charge on any atom is -0.411 e. The lowest BCUT2D eigenvalue weighted by atomic mass is 9.97. The molecule has 0 radical (unpaired) electrons. The highest BCUT2D eigenvalue weighted by Gasteiger charge is 2.42. The van der Waals surface area contributed by atoms with Crippen LogP contribution in [0.3, 0.4) is 0 Å². The third kappa shape index (κ3) is 5.20. The molecule has 2 aliphatic rings. The van der Waals surface area contributed by atoms with Gasteiger partial charge in [-0.2, -0.15) is 9.80 Å². The number of ether oxygens (including phenoxy) is 1. The second-order valence-corrected chi connectivity index (χ2v) is 10.1. The smallest absolute Gasteiger partial charge is 0.332 e. The van der Waals surface area contributed by atoms with Crippen LogP contribution in [-0.2, 0) is 4.74 Å². The number of hydrogen-bond donors (Lipinski definition) is 3. The van der Waals surface area contributed by atoms with E-state index < -0.39 is 29.7 Å². The molecule has 3 N–H and O–H groups in total. The lowest BCUT2D eigenvalue weighted by Crippen LogP contribution is -2.38. The van der Waals surface area contributed by atoms with Crippen molar-refractivity contribution in [2.45, 2.75) is 13.3 Å². The number of aliphatic hydroxyl groups is 1. The van der Waals surface area contributed by atoms with Crippen molar-refractivity contribution in [3.8, 4) is 22.6 Å². The number of amidine groups is 1. The first-order valence-corrected chi connectivity index (χ1v) is 13.9. The summed E-state index contributed by atoms with van der Waals surface area (Å²) in [5.74, 6) is -3.12. The second-order valence-electron chi connectivity index (χ2n) is 10.1. The Morgan fingerprint density at radius 1 is 0.826 bits per heavy atom. The fraction of sp³-hybridized carbons (Fsp3) is 0.0909. The normalized spacial score (nSPS) is 14.3. The first-order valence-electron chi connectivity index (χ1n) is 13.9. The molecule has 0 saturated carbocycles. The van der Waals surface area contributed by atoms with E-state index >= 15 is 0 Å². The summed E-state index contributed by atoms with van der Waals surface area (Å²) in [6.45, 7) is 1.57. The molecule has 228 valence electrons. The van der Waals surface area contributed by atoms with Gasteiger partial charge in [-0.25, -0.2) is 0 Å². The lowest BCUT2D eigenvalue weighted by molar-refractivity contribution is 0.0724. The largest absolute Gasteiger partial charge is 0.411 e. The predicted octanol–water partition coefficient (Wildman–Crippen LogP) is 4.61. The number of aliphatic hydroxyl groups excluding tert-OH is 1. The quantitative estimate of drug-likeness (QED) is 0.115. The Labute approximate surface area is 261 Å². The average molecular weight is 617 g/mol. The predicted molar refractivity (Wildman–Crippen MR) is 164 cm³/mol. The Balaban J connectivity index is 1.20. The maximum atomic E-state index is 13.4.